The van der Waals surface area contributed by atoms with Gasteiger partial charge in [-0.2, -0.15) is 0 Å². The Labute approximate surface area is 81.2 Å². The smallest absolute Gasteiger partial charge is 0.145 e. The van der Waals surface area contributed by atoms with E-state index in [0.717, 1.165) is 0 Å². The lowest BCUT2D eigenvalue weighted by atomic mass is 10.1. The molecule has 0 heterocycles. The van der Waals surface area contributed by atoms with Crippen molar-refractivity contribution in [1.29, 1.82) is 0 Å². The van der Waals surface area contributed by atoms with E-state index in [2.05, 4.69) is 4.99 Å². The molecule has 13 heavy (non-hydrogen) atoms. The van der Waals surface area contributed by atoms with E-state index in [0.29, 0.717) is 17.8 Å². The molecule has 2 nitrogen and oxygen atoms in total. The largest absolute Gasteiger partial charge is 0.387 e. The number of amidine groups is 1. The van der Waals surface area contributed by atoms with Gasteiger partial charge in [0.1, 0.15) is 5.82 Å². The van der Waals surface area contributed by atoms with Crippen LogP contribution in [0.15, 0.2) is 23.2 Å². The van der Waals surface area contributed by atoms with Crippen LogP contribution in [0.3, 0.4) is 0 Å². The summed E-state index contributed by atoms with van der Waals surface area (Å²) in [5.74, 6) is -0.0306. The fourth-order valence-electron chi connectivity index (χ4n) is 0.959. The number of hydrogen-bond acceptors (Lipinski definition) is 1. The third-order valence-electron chi connectivity index (χ3n) is 1.69. The summed E-state index contributed by atoms with van der Waals surface area (Å²) in [5.41, 5.74) is 5.93. The van der Waals surface area contributed by atoms with E-state index in [1.54, 1.807) is 19.2 Å². The van der Waals surface area contributed by atoms with E-state index < -0.39 is 5.82 Å². The first-order chi connectivity index (χ1) is 6.15. The van der Waals surface area contributed by atoms with Gasteiger partial charge in [0.05, 0.1) is 10.9 Å². The van der Waals surface area contributed by atoms with E-state index in [4.69, 9.17) is 17.3 Å². The zero-order valence-electron chi connectivity index (χ0n) is 7.22. The second-order valence-electron chi connectivity index (χ2n) is 2.60. The van der Waals surface area contributed by atoms with Gasteiger partial charge >= 0.3 is 0 Å². The van der Waals surface area contributed by atoms with Crippen molar-refractivity contribution < 1.29 is 4.39 Å². The molecule has 70 valence electrons. The van der Waals surface area contributed by atoms with Crippen LogP contribution in [-0.2, 0) is 6.42 Å². The van der Waals surface area contributed by atoms with Crippen molar-refractivity contribution in [2.24, 2.45) is 10.7 Å². The van der Waals surface area contributed by atoms with Crippen molar-refractivity contribution in [3.8, 4) is 0 Å². The van der Waals surface area contributed by atoms with Crippen LogP contribution in [0.25, 0.3) is 0 Å². The molecule has 0 aliphatic rings. The minimum absolute atomic E-state index is 0.112. The summed E-state index contributed by atoms with van der Waals surface area (Å²) in [5, 5.41) is 0.112. The van der Waals surface area contributed by atoms with Gasteiger partial charge in [-0.1, -0.05) is 23.7 Å². The Morgan fingerprint density at radius 2 is 2.31 bits per heavy atom. The third-order valence-corrected chi connectivity index (χ3v) is 1.98. The summed E-state index contributed by atoms with van der Waals surface area (Å²) in [7, 11) is 1.57. The molecule has 0 unspecified atom stereocenters. The summed E-state index contributed by atoms with van der Waals surface area (Å²) in [6.07, 6.45) is 0.295. The van der Waals surface area contributed by atoms with Crippen LogP contribution >= 0.6 is 11.6 Å². The van der Waals surface area contributed by atoms with Crippen molar-refractivity contribution in [2.75, 3.05) is 7.05 Å². The molecule has 0 bridgehead atoms. The van der Waals surface area contributed by atoms with E-state index in [1.807, 2.05) is 0 Å². The highest BCUT2D eigenvalue weighted by molar-refractivity contribution is 6.30. The number of benzene rings is 1. The van der Waals surface area contributed by atoms with E-state index in [9.17, 15) is 4.39 Å². The van der Waals surface area contributed by atoms with Crippen molar-refractivity contribution in [3.05, 3.63) is 34.6 Å². The van der Waals surface area contributed by atoms with Gasteiger partial charge in [-0.25, -0.2) is 4.39 Å². The number of nitrogens with two attached hydrogens (primary N) is 1. The molecule has 0 spiro atoms. The van der Waals surface area contributed by atoms with Crippen LogP contribution in [0.4, 0.5) is 4.39 Å². The molecule has 0 amide bonds. The fraction of sp³-hybridized carbons (Fsp3) is 0.222. The van der Waals surface area contributed by atoms with Gasteiger partial charge < -0.3 is 5.73 Å². The van der Waals surface area contributed by atoms with Crippen LogP contribution < -0.4 is 5.73 Å². The Morgan fingerprint density at radius 3 is 2.92 bits per heavy atom. The minimum Gasteiger partial charge on any atom is -0.387 e. The number of aliphatic imine (C=N–C) groups is 1. The number of nitrogens with zero attached hydrogens (tertiary/aromatic N) is 1. The predicted octanol–water partition coefficient (Wildman–Crippen LogP) is 2.01. The zero-order chi connectivity index (χ0) is 9.84. The Hall–Kier alpha value is -1.09. The lowest BCUT2D eigenvalue weighted by Crippen LogP contribution is -2.15. The van der Waals surface area contributed by atoms with Gasteiger partial charge in [-0.05, 0) is 11.6 Å². The van der Waals surface area contributed by atoms with Crippen molar-refractivity contribution in [1.82, 2.24) is 0 Å². The highest BCUT2D eigenvalue weighted by Gasteiger charge is 2.06. The van der Waals surface area contributed by atoms with Crippen molar-refractivity contribution in [3.63, 3.8) is 0 Å². The topological polar surface area (TPSA) is 38.4 Å². The van der Waals surface area contributed by atoms with Crippen LogP contribution in [0, 0.1) is 5.82 Å². The Morgan fingerprint density at radius 1 is 1.62 bits per heavy atom. The van der Waals surface area contributed by atoms with Gasteiger partial charge in [-0.3, -0.25) is 4.99 Å². The molecule has 0 aromatic heterocycles. The molecule has 0 aliphatic heterocycles. The quantitative estimate of drug-likeness (QED) is 0.576. The van der Waals surface area contributed by atoms with Gasteiger partial charge in [0, 0.05) is 13.5 Å². The molecule has 1 aromatic carbocycles. The maximum absolute atomic E-state index is 13.3. The molecule has 1 rings (SSSR count). The Bertz CT molecular complexity index is 336. The van der Waals surface area contributed by atoms with Gasteiger partial charge in [0.25, 0.3) is 0 Å². The van der Waals surface area contributed by atoms with Crippen LogP contribution in [0.2, 0.25) is 5.02 Å². The van der Waals surface area contributed by atoms with Gasteiger partial charge in [-0.15, -0.1) is 0 Å². The van der Waals surface area contributed by atoms with E-state index in [1.165, 1.54) is 6.07 Å². The summed E-state index contributed by atoms with van der Waals surface area (Å²) in [6, 6.07) is 4.82. The predicted molar refractivity (Wildman–Crippen MR) is 52.7 cm³/mol. The number of halogens is 2. The van der Waals surface area contributed by atoms with Crippen LogP contribution in [-0.4, -0.2) is 12.9 Å². The van der Waals surface area contributed by atoms with Crippen LogP contribution in [0.5, 0.6) is 0 Å². The molecule has 0 fully saturated rings. The minimum atomic E-state index is -0.421. The summed E-state index contributed by atoms with van der Waals surface area (Å²) >= 11 is 5.58. The molecule has 4 heteroatoms. The third kappa shape index (κ3) is 2.42. The molecule has 0 radical (unpaired) electrons. The number of rotatable bonds is 2. The first-order valence-electron chi connectivity index (χ1n) is 3.79. The second kappa shape index (κ2) is 4.23. The summed E-state index contributed by atoms with van der Waals surface area (Å²) in [4.78, 5) is 3.74. The van der Waals surface area contributed by atoms with Crippen molar-refractivity contribution in [2.45, 2.75) is 6.42 Å². The molecule has 1 aromatic rings. The van der Waals surface area contributed by atoms with E-state index in [-0.39, 0.29) is 5.02 Å². The molecule has 0 atom stereocenters. The average Bonchev–Trinajstić information content (AvgIpc) is 2.13. The number of hydrogen-bond donors (Lipinski definition) is 1. The molecule has 2 N–H and O–H groups in total. The highest BCUT2D eigenvalue weighted by atomic mass is 35.5. The standard InChI is InChI=1S/C9H10ClFN2/c1-13-8(12)5-6-3-2-4-7(10)9(6)11/h2-4H,5H2,1H3,(H2,12,13). The lowest BCUT2D eigenvalue weighted by Gasteiger charge is -2.03. The molecule has 0 saturated carbocycles. The Kier molecular flexibility index (Phi) is 3.25. The normalized spacial score (nSPS) is 11.8. The molecule has 0 aliphatic carbocycles. The maximum atomic E-state index is 13.3. The summed E-state index contributed by atoms with van der Waals surface area (Å²) in [6.45, 7) is 0. The van der Waals surface area contributed by atoms with Gasteiger partial charge in [0.2, 0.25) is 0 Å². The maximum Gasteiger partial charge on any atom is 0.145 e. The second-order valence-corrected chi connectivity index (χ2v) is 3.01. The highest BCUT2D eigenvalue weighted by Crippen LogP contribution is 2.17. The van der Waals surface area contributed by atoms with E-state index >= 15 is 0 Å². The monoisotopic (exact) mass is 200 g/mol. The summed E-state index contributed by atoms with van der Waals surface area (Å²) < 4.78 is 13.3. The van der Waals surface area contributed by atoms with Gasteiger partial charge in [0.15, 0.2) is 0 Å². The average molecular weight is 201 g/mol. The Balaban J connectivity index is 2.96. The molecule has 0 saturated heterocycles. The lowest BCUT2D eigenvalue weighted by molar-refractivity contribution is 0.616. The molecular formula is C9H10ClFN2. The zero-order valence-corrected chi connectivity index (χ0v) is 7.98. The van der Waals surface area contributed by atoms with Crippen LogP contribution in [0.1, 0.15) is 5.56 Å². The first kappa shape index (κ1) is 9.99. The SMILES string of the molecule is CN=C(N)Cc1cccc(Cl)c1F. The fourth-order valence-corrected chi connectivity index (χ4v) is 1.15. The first-order valence-corrected chi connectivity index (χ1v) is 4.17. The molecular weight excluding hydrogens is 191 g/mol. The van der Waals surface area contributed by atoms with Crippen molar-refractivity contribution >= 4 is 17.4 Å².